The lowest BCUT2D eigenvalue weighted by molar-refractivity contribution is -0.148. The van der Waals surface area contributed by atoms with Gasteiger partial charge in [-0.15, -0.1) is 0 Å². The molecular weight excluding hydrogens is 410 g/mol. The van der Waals surface area contributed by atoms with E-state index < -0.39 is 14.3 Å². The third-order valence-corrected chi connectivity index (χ3v) is 9.67. The molecule has 0 spiro atoms. The molecule has 0 bridgehead atoms. The zero-order valence-electron chi connectivity index (χ0n) is 19.5. The molecule has 0 fully saturated rings. The number of hydrogen-bond acceptors (Lipinski definition) is 6. The van der Waals surface area contributed by atoms with Crippen LogP contribution >= 0.6 is 0 Å². The number of methoxy groups -OCH3 is 1. The standard InChI is InChI=1S/C24H33NO5Si/c1-8-28-22(26)17-29-25-23(20-11-9-10-12-21(20)27-5)18-13-15-19(16-14-18)30-31(6,7)24(2,3)4/h9-16H,8,17H2,1-7H3. The first-order valence-electron chi connectivity index (χ1n) is 10.4. The van der Waals surface area contributed by atoms with Crippen molar-refractivity contribution in [3.05, 3.63) is 59.7 Å². The molecule has 0 aliphatic heterocycles. The molecule has 0 radical (unpaired) electrons. The van der Waals surface area contributed by atoms with Crippen LogP contribution in [0.1, 0.15) is 38.8 Å². The Balaban J connectivity index is 2.34. The van der Waals surface area contributed by atoms with Crippen LogP contribution in [0.5, 0.6) is 11.5 Å². The predicted molar refractivity (Wildman–Crippen MR) is 125 cm³/mol. The highest BCUT2D eigenvalue weighted by Gasteiger charge is 2.38. The van der Waals surface area contributed by atoms with Crippen LogP contribution in [0.3, 0.4) is 0 Å². The highest BCUT2D eigenvalue weighted by molar-refractivity contribution is 6.74. The van der Waals surface area contributed by atoms with Gasteiger partial charge in [-0.3, -0.25) is 0 Å². The smallest absolute Gasteiger partial charge is 0.347 e. The minimum atomic E-state index is -1.94. The van der Waals surface area contributed by atoms with E-state index in [0.29, 0.717) is 18.1 Å². The third-order valence-electron chi connectivity index (χ3n) is 5.31. The first kappa shape index (κ1) is 24.5. The van der Waals surface area contributed by atoms with Crippen LogP contribution in [0, 0.1) is 0 Å². The number of ether oxygens (including phenoxy) is 2. The van der Waals surface area contributed by atoms with E-state index in [1.165, 1.54) is 0 Å². The van der Waals surface area contributed by atoms with Crippen molar-refractivity contribution in [2.24, 2.45) is 5.16 Å². The minimum Gasteiger partial charge on any atom is -0.544 e. The molecule has 0 unspecified atom stereocenters. The number of oxime groups is 1. The van der Waals surface area contributed by atoms with Crippen LogP contribution in [0.2, 0.25) is 18.1 Å². The second-order valence-electron chi connectivity index (χ2n) is 8.61. The fraction of sp³-hybridized carbons (Fsp3) is 0.417. The summed E-state index contributed by atoms with van der Waals surface area (Å²) in [4.78, 5) is 16.9. The highest BCUT2D eigenvalue weighted by Crippen LogP contribution is 2.37. The first-order chi connectivity index (χ1) is 14.6. The maximum absolute atomic E-state index is 11.6. The lowest BCUT2D eigenvalue weighted by Crippen LogP contribution is -2.43. The molecule has 6 nitrogen and oxygen atoms in total. The second-order valence-corrected chi connectivity index (χ2v) is 13.3. The van der Waals surface area contributed by atoms with Gasteiger partial charge in [0.2, 0.25) is 14.9 Å². The largest absolute Gasteiger partial charge is 0.544 e. The number of rotatable bonds is 9. The normalized spacial score (nSPS) is 12.3. The number of nitrogens with zero attached hydrogens (tertiary/aromatic N) is 1. The summed E-state index contributed by atoms with van der Waals surface area (Å²) in [5.41, 5.74) is 2.13. The van der Waals surface area contributed by atoms with Crippen molar-refractivity contribution in [2.45, 2.75) is 45.8 Å². The van der Waals surface area contributed by atoms with Crippen molar-refractivity contribution in [3.63, 3.8) is 0 Å². The van der Waals surface area contributed by atoms with Gasteiger partial charge in [-0.25, -0.2) is 4.79 Å². The Bertz CT molecular complexity index is 901. The fourth-order valence-corrected chi connectivity index (χ4v) is 3.61. The van der Waals surface area contributed by atoms with Crippen molar-refractivity contribution in [1.82, 2.24) is 0 Å². The van der Waals surface area contributed by atoms with E-state index in [4.69, 9.17) is 18.7 Å². The van der Waals surface area contributed by atoms with E-state index in [0.717, 1.165) is 16.9 Å². The molecule has 0 saturated carbocycles. The lowest BCUT2D eigenvalue weighted by atomic mass is 10.0. The Morgan fingerprint density at radius 3 is 2.26 bits per heavy atom. The van der Waals surface area contributed by atoms with E-state index in [1.54, 1.807) is 14.0 Å². The minimum absolute atomic E-state index is 0.108. The van der Waals surface area contributed by atoms with E-state index >= 15 is 0 Å². The van der Waals surface area contributed by atoms with Gasteiger partial charge >= 0.3 is 5.97 Å². The van der Waals surface area contributed by atoms with E-state index in [1.807, 2.05) is 48.5 Å². The molecule has 0 N–H and O–H groups in total. The van der Waals surface area contributed by atoms with Gasteiger partial charge < -0.3 is 18.7 Å². The molecule has 31 heavy (non-hydrogen) atoms. The molecule has 0 atom stereocenters. The summed E-state index contributed by atoms with van der Waals surface area (Å²) in [6.45, 7) is 12.8. The fourth-order valence-electron chi connectivity index (χ4n) is 2.58. The monoisotopic (exact) mass is 443 g/mol. The average molecular weight is 444 g/mol. The van der Waals surface area contributed by atoms with Crippen molar-refractivity contribution in [2.75, 3.05) is 20.3 Å². The molecule has 7 heteroatoms. The van der Waals surface area contributed by atoms with Gasteiger partial charge in [0.1, 0.15) is 17.2 Å². The Kier molecular flexibility index (Phi) is 8.27. The van der Waals surface area contributed by atoms with Crippen LogP contribution in [0.4, 0.5) is 0 Å². The zero-order valence-corrected chi connectivity index (χ0v) is 20.5. The van der Waals surface area contributed by atoms with Crippen molar-refractivity contribution < 1.29 is 23.5 Å². The maximum atomic E-state index is 11.6. The summed E-state index contributed by atoms with van der Waals surface area (Å²) in [5, 5.41) is 4.35. The molecule has 2 aromatic rings. The Morgan fingerprint density at radius 2 is 1.68 bits per heavy atom. The third kappa shape index (κ3) is 6.59. The molecule has 0 aliphatic rings. The zero-order chi connectivity index (χ0) is 23.1. The molecular formula is C24H33NO5Si. The topological polar surface area (TPSA) is 66.4 Å². The number of carbonyl (C=O) groups is 1. The van der Waals surface area contributed by atoms with Crippen molar-refractivity contribution >= 4 is 20.0 Å². The average Bonchev–Trinajstić information content (AvgIpc) is 2.71. The SMILES string of the molecule is CCOC(=O)CON=C(c1ccc(O[Si](C)(C)C(C)(C)C)cc1)c1ccccc1OC. The van der Waals surface area contributed by atoms with E-state index in [2.05, 4.69) is 39.0 Å². The molecule has 2 aromatic carbocycles. The Morgan fingerprint density at radius 1 is 1.03 bits per heavy atom. The van der Waals surface area contributed by atoms with Gasteiger partial charge in [0.05, 0.1) is 13.7 Å². The summed E-state index contributed by atoms with van der Waals surface area (Å²) < 4.78 is 16.8. The Hall–Kier alpha value is -2.80. The first-order valence-corrected chi connectivity index (χ1v) is 13.3. The highest BCUT2D eigenvalue weighted by atomic mass is 28.4. The predicted octanol–water partition coefficient (Wildman–Crippen LogP) is 5.41. The molecule has 0 saturated heterocycles. The number of carbonyl (C=O) groups excluding carboxylic acids is 1. The number of esters is 1. The number of benzene rings is 2. The van der Waals surface area contributed by atoms with Crippen LogP contribution < -0.4 is 9.16 Å². The van der Waals surface area contributed by atoms with Crippen LogP contribution in [0.15, 0.2) is 53.7 Å². The molecule has 0 amide bonds. The van der Waals surface area contributed by atoms with Crippen LogP contribution in [0.25, 0.3) is 0 Å². The van der Waals surface area contributed by atoms with Crippen molar-refractivity contribution in [3.8, 4) is 11.5 Å². The molecule has 0 aromatic heterocycles. The number of para-hydroxylation sites is 1. The van der Waals surface area contributed by atoms with Gasteiger partial charge in [0, 0.05) is 11.1 Å². The van der Waals surface area contributed by atoms with E-state index in [9.17, 15) is 4.79 Å². The molecule has 0 heterocycles. The van der Waals surface area contributed by atoms with Gasteiger partial charge in [0.25, 0.3) is 0 Å². The van der Waals surface area contributed by atoms with Crippen LogP contribution in [-0.2, 0) is 14.4 Å². The maximum Gasteiger partial charge on any atom is 0.347 e. The summed E-state index contributed by atoms with van der Waals surface area (Å²) in [7, 11) is -0.334. The van der Waals surface area contributed by atoms with Gasteiger partial charge in [-0.2, -0.15) is 0 Å². The van der Waals surface area contributed by atoms with Gasteiger partial charge in [0.15, 0.2) is 0 Å². The Labute approximate surface area is 186 Å². The molecule has 0 aliphatic carbocycles. The van der Waals surface area contributed by atoms with Crippen LogP contribution in [-0.4, -0.2) is 40.3 Å². The van der Waals surface area contributed by atoms with E-state index in [-0.39, 0.29) is 11.6 Å². The summed E-state index contributed by atoms with van der Waals surface area (Å²) >= 11 is 0. The van der Waals surface area contributed by atoms with Crippen molar-refractivity contribution in [1.29, 1.82) is 0 Å². The van der Waals surface area contributed by atoms with Gasteiger partial charge in [-0.05, 0) is 61.5 Å². The molecule has 2 rings (SSSR count). The van der Waals surface area contributed by atoms with Gasteiger partial charge in [-0.1, -0.05) is 38.1 Å². The number of hydrogen-bond donors (Lipinski definition) is 0. The quantitative estimate of drug-likeness (QED) is 0.224. The summed E-state index contributed by atoms with van der Waals surface area (Å²) in [5.74, 6) is 1.01. The second kappa shape index (κ2) is 10.5. The summed E-state index contributed by atoms with van der Waals surface area (Å²) in [6, 6.07) is 15.3. The molecule has 168 valence electrons. The lowest BCUT2D eigenvalue weighted by Gasteiger charge is -2.36. The summed E-state index contributed by atoms with van der Waals surface area (Å²) in [6.07, 6.45) is 0.